The average Bonchev–Trinajstić information content (AvgIpc) is 2.49. The standard InChI is InChI=1S/C16H19N3O.ClH/c17-15(14-4-2-1-3-5-14)12-16(20)19-11-8-13-6-9-18-10-7-13;/h1-7,9-10,15H,8,11-12,17H2,(H,19,20);1H. The number of carbonyl (C=O) groups is 1. The van der Waals surface area contributed by atoms with Gasteiger partial charge in [-0.3, -0.25) is 9.78 Å². The molecule has 0 aliphatic rings. The van der Waals surface area contributed by atoms with Crippen LogP contribution in [0.1, 0.15) is 23.6 Å². The zero-order valence-electron chi connectivity index (χ0n) is 11.7. The largest absolute Gasteiger partial charge is 0.356 e. The molecule has 0 spiro atoms. The van der Waals surface area contributed by atoms with Crippen LogP contribution < -0.4 is 11.1 Å². The first-order valence-electron chi connectivity index (χ1n) is 6.72. The number of aromatic nitrogens is 1. The molecule has 3 N–H and O–H groups in total. The van der Waals surface area contributed by atoms with Crippen molar-refractivity contribution in [3.05, 3.63) is 66.0 Å². The molecule has 4 nitrogen and oxygen atoms in total. The Bertz CT molecular complexity index is 534. The van der Waals surface area contributed by atoms with Gasteiger partial charge in [0.1, 0.15) is 0 Å². The van der Waals surface area contributed by atoms with Crippen LogP contribution in [0.5, 0.6) is 0 Å². The van der Waals surface area contributed by atoms with Crippen LogP contribution in [0.25, 0.3) is 0 Å². The molecular formula is C16H20ClN3O. The molecule has 0 radical (unpaired) electrons. The fourth-order valence-electron chi connectivity index (χ4n) is 1.99. The topological polar surface area (TPSA) is 68.0 Å². The molecular weight excluding hydrogens is 286 g/mol. The van der Waals surface area contributed by atoms with Crippen LogP contribution in [-0.4, -0.2) is 17.4 Å². The van der Waals surface area contributed by atoms with Crippen molar-refractivity contribution >= 4 is 18.3 Å². The van der Waals surface area contributed by atoms with Gasteiger partial charge in [0, 0.05) is 31.4 Å². The molecule has 1 atom stereocenters. The number of rotatable bonds is 6. The third kappa shape index (κ3) is 5.94. The van der Waals surface area contributed by atoms with Crippen LogP contribution in [-0.2, 0) is 11.2 Å². The molecule has 112 valence electrons. The van der Waals surface area contributed by atoms with Crippen LogP contribution in [0.3, 0.4) is 0 Å². The molecule has 1 aromatic heterocycles. The Hall–Kier alpha value is -1.91. The third-order valence-corrected chi connectivity index (χ3v) is 3.12. The number of nitrogens with one attached hydrogen (secondary N) is 1. The number of hydrogen-bond donors (Lipinski definition) is 2. The summed E-state index contributed by atoms with van der Waals surface area (Å²) in [6.07, 6.45) is 4.61. The molecule has 2 aromatic rings. The highest BCUT2D eigenvalue weighted by Gasteiger charge is 2.10. The minimum Gasteiger partial charge on any atom is -0.356 e. The Balaban J connectivity index is 0.00000220. The number of hydrogen-bond acceptors (Lipinski definition) is 3. The maximum atomic E-state index is 11.8. The first kappa shape index (κ1) is 17.1. The second-order valence-electron chi connectivity index (χ2n) is 4.68. The second kappa shape index (κ2) is 9.10. The fraction of sp³-hybridized carbons (Fsp3) is 0.250. The van der Waals surface area contributed by atoms with E-state index in [2.05, 4.69) is 10.3 Å². The van der Waals surface area contributed by atoms with E-state index in [1.165, 1.54) is 0 Å². The zero-order valence-corrected chi connectivity index (χ0v) is 12.6. The van der Waals surface area contributed by atoms with E-state index in [9.17, 15) is 4.79 Å². The molecule has 0 aliphatic heterocycles. The predicted molar refractivity (Wildman–Crippen MR) is 86.2 cm³/mol. The van der Waals surface area contributed by atoms with Gasteiger partial charge in [-0.15, -0.1) is 12.4 Å². The highest BCUT2D eigenvalue weighted by atomic mass is 35.5. The number of benzene rings is 1. The van der Waals surface area contributed by atoms with Crippen molar-refractivity contribution in [2.24, 2.45) is 5.73 Å². The summed E-state index contributed by atoms with van der Waals surface area (Å²) in [5.74, 6) is -0.0181. The zero-order chi connectivity index (χ0) is 14.2. The first-order valence-corrected chi connectivity index (χ1v) is 6.72. The summed E-state index contributed by atoms with van der Waals surface area (Å²) in [5, 5.41) is 2.89. The molecule has 1 unspecified atom stereocenters. The van der Waals surface area contributed by atoms with Gasteiger partial charge in [0.25, 0.3) is 0 Å². The Morgan fingerprint density at radius 1 is 1.14 bits per heavy atom. The lowest BCUT2D eigenvalue weighted by molar-refractivity contribution is -0.121. The number of nitrogens with zero attached hydrogens (tertiary/aromatic N) is 1. The van der Waals surface area contributed by atoms with Crippen molar-refractivity contribution in [3.63, 3.8) is 0 Å². The number of carbonyl (C=O) groups excluding carboxylic acids is 1. The Kier molecular flexibility index (Phi) is 7.43. The molecule has 2 rings (SSSR count). The van der Waals surface area contributed by atoms with Gasteiger partial charge in [-0.25, -0.2) is 0 Å². The highest BCUT2D eigenvalue weighted by molar-refractivity contribution is 5.85. The van der Waals surface area contributed by atoms with E-state index in [1.54, 1.807) is 12.4 Å². The number of pyridine rings is 1. The Morgan fingerprint density at radius 2 is 1.81 bits per heavy atom. The number of nitrogens with two attached hydrogens (primary N) is 1. The van der Waals surface area contributed by atoms with Crippen molar-refractivity contribution in [3.8, 4) is 0 Å². The van der Waals surface area contributed by atoms with Gasteiger partial charge in [0.15, 0.2) is 0 Å². The van der Waals surface area contributed by atoms with Crippen LogP contribution in [0.15, 0.2) is 54.9 Å². The molecule has 5 heteroatoms. The molecule has 21 heavy (non-hydrogen) atoms. The first-order chi connectivity index (χ1) is 9.75. The lowest BCUT2D eigenvalue weighted by atomic mass is 10.0. The van der Waals surface area contributed by atoms with Gasteiger partial charge >= 0.3 is 0 Å². The van der Waals surface area contributed by atoms with Crippen molar-refractivity contribution in [1.29, 1.82) is 0 Å². The fourth-order valence-corrected chi connectivity index (χ4v) is 1.99. The smallest absolute Gasteiger partial charge is 0.221 e. The summed E-state index contributed by atoms with van der Waals surface area (Å²) >= 11 is 0. The molecule has 1 amide bonds. The third-order valence-electron chi connectivity index (χ3n) is 3.12. The number of amides is 1. The lowest BCUT2D eigenvalue weighted by Crippen LogP contribution is -2.29. The van der Waals surface area contributed by atoms with Gasteiger partial charge < -0.3 is 11.1 Å². The van der Waals surface area contributed by atoms with E-state index in [-0.39, 0.29) is 24.4 Å². The molecule has 0 saturated heterocycles. The summed E-state index contributed by atoms with van der Waals surface area (Å²) in [6.45, 7) is 0.615. The summed E-state index contributed by atoms with van der Waals surface area (Å²) in [4.78, 5) is 15.8. The summed E-state index contributed by atoms with van der Waals surface area (Å²) < 4.78 is 0. The van der Waals surface area contributed by atoms with E-state index >= 15 is 0 Å². The maximum Gasteiger partial charge on any atom is 0.221 e. The lowest BCUT2D eigenvalue weighted by Gasteiger charge is -2.12. The van der Waals surface area contributed by atoms with Crippen molar-refractivity contribution in [2.45, 2.75) is 18.9 Å². The van der Waals surface area contributed by atoms with Crippen molar-refractivity contribution in [2.75, 3.05) is 6.54 Å². The summed E-state index contributed by atoms with van der Waals surface area (Å²) in [5.41, 5.74) is 8.15. The number of halogens is 1. The van der Waals surface area contributed by atoms with Gasteiger partial charge in [-0.2, -0.15) is 0 Å². The Labute approximate surface area is 131 Å². The van der Waals surface area contributed by atoms with E-state index in [0.29, 0.717) is 13.0 Å². The van der Waals surface area contributed by atoms with Crippen LogP contribution in [0.4, 0.5) is 0 Å². The van der Waals surface area contributed by atoms with E-state index < -0.39 is 0 Å². The minimum absolute atomic E-state index is 0. The van der Waals surface area contributed by atoms with E-state index in [4.69, 9.17) is 5.73 Å². The molecule has 1 heterocycles. The second-order valence-corrected chi connectivity index (χ2v) is 4.68. The molecule has 0 bridgehead atoms. The van der Waals surface area contributed by atoms with Gasteiger partial charge in [-0.05, 0) is 29.7 Å². The predicted octanol–water partition coefficient (Wildman–Crippen LogP) is 2.25. The SMILES string of the molecule is Cl.NC(CC(=O)NCCc1ccncc1)c1ccccc1. The van der Waals surface area contributed by atoms with Gasteiger partial charge in [0.05, 0.1) is 0 Å². The normalized spacial score (nSPS) is 11.3. The van der Waals surface area contributed by atoms with Crippen LogP contribution in [0, 0.1) is 0 Å². The monoisotopic (exact) mass is 305 g/mol. The summed E-state index contributed by atoms with van der Waals surface area (Å²) in [6, 6.07) is 13.3. The molecule has 0 aliphatic carbocycles. The van der Waals surface area contributed by atoms with E-state index in [0.717, 1.165) is 17.5 Å². The molecule has 0 saturated carbocycles. The van der Waals surface area contributed by atoms with Gasteiger partial charge in [0.2, 0.25) is 5.91 Å². The summed E-state index contributed by atoms with van der Waals surface area (Å²) in [7, 11) is 0. The molecule has 0 fully saturated rings. The van der Waals surface area contributed by atoms with Crippen molar-refractivity contribution in [1.82, 2.24) is 10.3 Å². The molecule has 1 aromatic carbocycles. The van der Waals surface area contributed by atoms with Gasteiger partial charge in [-0.1, -0.05) is 30.3 Å². The van der Waals surface area contributed by atoms with E-state index in [1.807, 2.05) is 42.5 Å². The Morgan fingerprint density at radius 3 is 2.48 bits per heavy atom. The highest BCUT2D eigenvalue weighted by Crippen LogP contribution is 2.12. The maximum absolute atomic E-state index is 11.8. The van der Waals surface area contributed by atoms with Crippen LogP contribution in [0.2, 0.25) is 0 Å². The quantitative estimate of drug-likeness (QED) is 0.860. The average molecular weight is 306 g/mol. The van der Waals surface area contributed by atoms with Crippen LogP contribution >= 0.6 is 12.4 Å². The minimum atomic E-state index is -0.253. The van der Waals surface area contributed by atoms with Crippen molar-refractivity contribution < 1.29 is 4.79 Å².